The van der Waals surface area contributed by atoms with E-state index in [2.05, 4.69) is 51.4 Å². The summed E-state index contributed by atoms with van der Waals surface area (Å²) in [6, 6.07) is 0. The second kappa shape index (κ2) is 8.44. The summed E-state index contributed by atoms with van der Waals surface area (Å²) in [5.74, 6) is 5.22. The van der Waals surface area contributed by atoms with Crippen molar-refractivity contribution in [3.05, 3.63) is 42.2 Å². The minimum Gasteiger partial charge on any atom is -1.00 e. The number of allylic oxidation sites excluding steroid dienone is 8. The standard InChI is InChI=1S/2C7H9.C2H6Ge.2ClH.Ti/c1-6-3-4-7(2)5-6;1-6-4-3-5-7(6)2;1-3-2;;;/h5H,3H2,1-2H3;4H,3H2,1-2H3;1-2H3;2*1H;/q;;;;;+2/p-2. The maximum Gasteiger partial charge on any atom is -1.00 e. The third-order valence-electron chi connectivity index (χ3n) is 4.15. The van der Waals surface area contributed by atoms with Gasteiger partial charge in [-0.1, -0.05) is 0 Å². The van der Waals surface area contributed by atoms with Crippen molar-refractivity contribution >= 4 is 11.0 Å². The molecule has 0 fully saturated rings. The second-order valence-corrected chi connectivity index (χ2v) is 25.6. The van der Waals surface area contributed by atoms with Gasteiger partial charge in [0.25, 0.3) is 0 Å². The minimum absolute atomic E-state index is 0. The first-order chi connectivity index (χ1) is 8.41. The van der Waals surface area contributed by atoms with Gasteiger partial charge in [0.2, 0.25) is 0 Å². The van der Waals surface area contributed by atoms with Crippen molar-refractivity contribution in [1.82, 2.24) is 0 Å². The normalized spacial score (nSPS) is 17.1. The van der Waals surface area contributed by atoms with Crippen molar-refractivity contribution in [1.29, 1.82) is 0 Å². The molecule has 0 saturated heterocycles. The van der Waals surface area contributed by atoms with Crippen LogP contribution in [0.3, 0.4) is 0 Å². The molecule has 0 nitrogen and oxygen atoms in total. The van der Waals surface area contributed by atoms with Crippen LogP contribution in [0.4, 0.5) is 0 Å². The zero-order chi connectivity index (χ0) is 13.4. The molecule has 0 atom stereocenters. The molecule has 4 heteroatoms. The zero-order valence-corrected chi connectivity index (χ0v) is 18.5. The van der Waals surface area contributed by atoms with Gasteiger partial charge in [0.05, 0.1) is 0 Å². The maximum atomic E-state index is 2.61. The van der Waals surface area contributed by atoms with Crippen molar-refractivity contribution < 1.29 is 39.9 Å². The number of hydrogen-bond acceptors (Lipinski definition) is 0. The Balaban J connectivity index is 0.00000180. The topological polar surface area (TPSA) is 0 Å². The van der Waals surface area contributed by atoms with Crippen LogP contribution in [0, 0.1) is 0 Å². The maximum absolute atomic E-state index is 2.61. The Kier molecular flexibility index (Phi) is 8.77. The van der Waals surface area contributed by atoms with Gasteiger partial charge in [-0.15, -0.1) is 0 Å². The van der Waals surface area contributed by atoms with Crippen LogP contribution >= 0.6 is 0 Å². The average Bonchev–Trinajstić information content (AvgIpc) is 2.76. The molecule has 110 valence electrons. The van der Waals surface area contributed by atoms with E-state index in [1.807, 2.05) is 7.76 Å². The van der Waals surface area contributed by atoms with Gasteiger partial charge >= 0.3 is 120 Å². The summed E-state index contributed by atoms with van der Waals surface area (Å²) >= 11 is -1.10. The Morgan fingerprint density at radius 1 is 1.00 bits per heavy atom. The van der Waals surface area contributed by atoms with Gasteiger partial charge in [0.1, 0.15) is 0 Å². The fraction of sp³-hybridized carbons (Fsp3) is 0.500. The van der Waals surface area contributed by atoms with E-state index in [9.17, 15) is 0 Å². The van der Waals surface area contributed by atoms with Crippen molar-refractivity contribution in [2.24, 2.45) is 0 Å². The molecule has 0 heterocycles. The smallest absolute Gasteiger partial charge is 1.00 e. The fourth-order valence-electron chi connectivity index (χ4n) is 3.09. The molecule has 0 aliphatic heterocycles. The van der Waals surface area contributed by atoms with Crippen LogP contribution in [0.15, 0.2) is 42.2 Å². The molecule has 0 unspecified atom stereocenters. The molecule has 2 aliphatic rings. The number of rotatable bonds is 2. The molecule has 0 radical (unpaired) electrons. The summed E-state index contributed by atoms with van der Waals surface area (Å²) < 4.78 is 3.81. The average molecular weight is 408 g/mol. The van der Waals surface area contributed by atoms with Gasteiger partial charge in [0.15, 0.2) is 0 Å². The van der Waals surface area contributed by atoms with E-state index in [1.165, 1.54) is 12.8 Å². The molecule has 0 saturated carbocycles. The number of hydrogen-bond donors (Lipinski definition) is 0. The van der Waals surface area contributed by atoms with E-state index in [0.29, 0.717) is 0 Å². The van der Waals surface area contributed by atoms with E-state index >= 15 is 0 Å². The summed E-state index contributed by atoms with van der Waals surface area (Å²) in [5, 5.41) is 0. The van der Waals surface area contributed by atoms with Crippen LogP contribution < -0.4 is 24.8 Å². The largest absolute Gasteiger partial charge is 1.00 e. The molecule has 0 N–H and O–H groups in total. The third kappa shape index (κ3) is 4.17. The van der Waals surface area contributed by atoms with E-state index in [4.69, 9.17) is 0 Å². The first-order valence-electron chi connectivity index (χ1n) is 6.83. The van der Waals surface area contributed by atoms with Crippen LogP contribution in [-0.2, 0) is 15.1 Å². The van der Waals surface area contributed by atoms with Crippen LogP contribution in [-0.4, -0.2) is 11.0 Å². The van der Waals surface area contributed by atoms with Gasteiger partial charge in [0, 0.05) is 0 Å². The molecule has 0 aromatic rings. The predicted molar refractivity (Wildman–Crippen MR) is 79.6 cm³/mol. The molecule has 2 aliphatic carbocycles. The summed E-state index contributed by atoms with van der Waals surface area (Å²) in [6.45, 7) is 9.32. The summed E-state index contributed by atoms with van der Waals surface area (Å²) in [6.07, 6.45) is 7.48. The Labute approximate surface area is 144 Å². The number of halogens is 2. The first kappa shape index (κ1) is 20.8. The molecular formula is C16H24Cl2GeTi. The Bertz CT molecular complexity index is 559. The van der Waals surface area contributed by atoms with Crippen LogP contribution in [0.1, 0.15) is 40.5 Å². The SMILES string of the molecule is CC1=CC(C)=[C]([Ti+2]([C]2=C(C)C(C)=CC2)=[Ge]([CH3])[CH3])C1.[Cl-].[Cl-]. The molecule has 20 heavy (non-hydrogen) atoms. The molecule has 0 spiro atoms. The monoisotopic (exact) mass is 408 g/mol. The van der Waals surface area contributed by atoms with Crippen molar-refractivity contribution in [3.63, 3.8) is 0 Å². The summed E-state index contributed by atoms with van der Waals surface area (Å²) in [4.78, 5) is 0. The molecule has 0 aromatic heterocycles. The summed E-state index contributed by atoms with van der Waals surface area (Å²) in [5.41, 5.74) is 6.42. The second-order valence-electron chi connectivity index (χ2n) is 5.90. The quantitative estimate of drug-likeness (QED) is 0.521. The van der Waals surface area contributed by atoms with E-state index in [1.54, 1.807) is 22.3 Å². The minimum atomic E-state index is -1.10. The Morgan fingerprint density at radius 3 is 1.95 bits per heavy atom. The molecule has 0 bridgehead atoms. The van der Waals surface area contributed by atoms with Crippen LogP contribution in [0.25, 0.3) is 0 Å². The van der Waals surface area contributed by atoms with Crippen molar-refractivity contribution in [2.45, 2.75) is 52.0 Å². The third-order valence-corrected chi connectivity index (χ3v) is 23.3. The predicted octanol–water partition coefficient (Wildman–Crippen LogP) is -0.888. The molecule has 2 rings (SSSR count). The van der Waals surface area contributed by atoms with Gasteiger partial charge in [-0.3, -0.25) is 0 Å². The van der Waals surface area contributed by atoms with Gasteiger partial charge in [-0.2, -0.15) is 0 Å². The van der Waals surface area contributed by atoms with Gasteiger partial charge in [-0.25, -0.2) is 0 Å². The Morgan fingerprint density at radius 2 is 1.60 bits per heavy atom. The van der Waals surface area contributed by atoms with E-state index in [-0.39, 0.29) is 24.8 Å². The summed E-state index contributed by atoms with van der Waals surface area (Å²) in [7, 11) is -0.819. The molecular weight excluding hydrogens is 384 g/mol. The molecule has 0 amide bonds. The van der Waals surface area contributed by atoms with Crippen molar-refractivity contribution in [2.75, 3.05) is 0 Å². The van der Waals surface area contributed by atoms with Gasteiger partial charge in [-0.05, 0) is 0 Å². The van der Waals surface area contributed by atoms with E-state index < -0.39 is 26.0 Å². The van der Waals surface area contributed by atoms with Gasteiger partial charge < -0.3 is 24.8 Å². The molecule has 0 aromatic carbocycles. The Hall–Kier alpha value is 0.797. The van der Waals surface area contributed by atoms with E-state index in [0.717, 1.165) is 0 Å². The first-order valence-corrected chi connectivity index (χ1v) is 17.7. The zero-order valence-electron chi connectivity index (χ0n) is 13.3. The fourth-order valence-corrected chi connectivity index (χ4v) is 23.8. The van der Waals surface area contributed by atoms with Crippen LogP contribution in [0.5, 0.6) is 0 Å². The van der Waals surface area contributed by atoms with Crippen molar-refractivity contribution in [3.8, 4) is 0 Å². The van der Waals surface area contributed by atoms with Crippen LogP contribution in [0.2, 0.25) is 11.5 Å².